The molecule has 10 heteroatoms. The molecule has 1 aliphatic heterocycles. The van der Waals surface area contributed by atoms with Crippen molar-refractivity contribution >= 4 is 47.2 Å². The fourth-order valence-corrected chi connectivity index (χ4v) is 7.50. The van der Waals surface area contributed by atoms with Crippen LogP contribution in [0.15, 0.2) is 42.6 Å². The summed E-state index contributed by atoms with van der Waals surface area (Å²) in [5, 5.41) is 7.66. The van der Waals surface area contributed by atoms with Crippen molar-refractivity contribution in [1.82, 2.24) is 14.9 Å². The van der Waals surface area contributed by atoms with Crippen LogP contribution in [0.4, 0.5) is 31.9 Å². The maximum absolute atomic E-state index is 13.7. The van der Waals surface area contributed by atoms with Gasteiger partial charge in [-0.15, -0.1) is 0 Å². The lowest BCUT2D eigenvalue weighted by Crippen LogP contribution is -2.37. The number of fused-ring (bicyclic) bond motifs is 2. The standard InChI is InChI=1S/C29H33ClF2N5OP/c1-17-4-11-25(26(12-17)39(2,3)38)35-27-24(30)14-33-28(36-27)34-20-8-5-18-6-9-21(10-7-19(18)13-20)37-15-22-23(16-37)29(22,31)32/h4-5,8,11-14,21-23H,6-7,9-10,15-16H2,1-3H3,(H2,33,34,35,36)/t21-,22?,23?/m1/s1. The Labute approximate surface area is 232 Å². The van der Waals surface area contributed by atoms with E-state index in [4.69, 9.17) is 11.6 Å². The second-order valence-electron chi connectivity index (χ2n) is 11.6. The third kappa shape index (κ3) is 5.31. The lowest BCUT2D eigenvalue weighted by atomic mass is 10.0. The number of likely N-dealkylation sites (tertiary alicyclic amines) is 1. The smallest absolute Gasteiger partial charge is 0.257 e. The molecule has 3 aliphatic rings. The van der Waals surface area contributed by atoms with E-state index in [0.717, 1.165) is 42.2 Å². The Bertz CT molecular complexity index is 1460. The molecule has 6 rings (SSSR count). The molecule has 2 aromatic carbocycles. The quantitative estimate of drug-likeness (QED) is 0.256. The molecule has 206 valence electrons. The minimum absolute atomic E-state index is 0.360. The molecule has 1 saturated carbocycles. The number of anilines is 4. The monoisotopic (exact) mass is 571 g/mol. The van der Waals surface area contributed by atoms with E-state index in [0.29, 0.717) is 41.6 Å². The van der Waals surface area contributed by atoms with E-state index in [-0.39, 0.29) is 0 Å². The molecule has 2 fully saturated rings. The largest absolute Gasteiger partial charge is 0.338 e. The Kier molecular flexibility index (Phi) is 6.72. The summed E-state index contributed by atoms with van der Waals surface area (Å²) in [6, 6.07) is 12.4. The number of piperidine rings is 1. The zero-order valence-corrected chi connectivity index (χ0v) is 24.0. The van der Waals surface area contributed by atoms with Crippen molar-refractivity contribution in [1.29, 1.82) is 0 Å². The Hall–Kier alpha value is -2.54. The average molecular weight is 572 g/mol. The Balaban J connectivity index is 1.15. The molecule has 3 aromatic rings. The van der Waals surface area contributed by atoms with Crippen LogP contribution in [-0.2, 0) is 17.4 Å². The molecule has 3 atom stereocenters. The van der Waals surface area contributed by atoms with Gasteiger partial charge in [-0.2, -0.15) is 4.98 Å². The number of nitrogens with one attached hydrogen (secondary N) is 2. The van der Waals surface area contributed by atoms with Gasteiger partial charge in [-0.3, -0.25) is 4.90 Å². The molecule has 0 amide bonds. The maximum atomic E-state index is 13.7. The van der Waals surface area contributed by atoms with Crippen molar-refractivity contribution < 1.29 is 13.3 Å². The summed E-state index contributed by atoms with van der Waals surface area (Å²) in [7, 11) is -2.54. The molecular weight excluding hydrogens is 539 g/mol. The number of halogens is 3. The van der Waals surface area contributed by atoms with Crippen LogP contribution < -0.4 is 15.9 Å². The average Bonchev–Trinajstić information content (AvgIpc) is 3.18. The number of hydrogen-bond donors (Lipinski definition) is 2. The van der Waals surface area contributed by atoms with Crippen molar-refractivity contribution in [3.05, 3.63) is 64.3 Å². The van der Waals surface area contributed by atoms with Gasteiger partial charge in [-0.25, -0.2) is 13.8 Å². The summed E-state index contributed by atoms with van der Waals surface area (Å²) in [4.78, 5) is 11.3. The first-order valence-electron chi connectivity index (χ1n) is 13.5. The van der Waals surface area contributed by atoms with Crippen LogP contribution in [0.3, 0.4) is 0 Å². The summed E-state index contributed by atoms with van der Waals surface area (Å²) < 4.78 is 40.2. The van der Waals surface area contributed by atoms with Crippen molar-refractivity contribution in [2.24, 2.45) is 11.8 Å². The van der Waals surface area contributed by atoms with Gasteiger partial charge in [0.15, 0.2) is 5.82 Å². The van der Waals surface area contributed by atoms with Gasteiger partial charge in [0.05, 0.1) is 11.9 Å². The number of aromatic nitrogens is 2. The Morgan fingerprint density at radius 2 is 1.74 bits per heavy atom. The Morgan fingerprint density at radius 1 is 1.03 bits per heavy atom. The van der Waals surface area contributed by atoms with Gasteiger partial charge in [-0.05, 0) is 81.3 Å². The van der Waals surface area contributed by atoms with E-state index in [1.807, 2.05) is 31.2 Å². The van der Waals surface area contributed by atoms with E-state index >= 15 is 0 Å². The number of hydrogen-bond acceptors (Lipinski definition) is 6. The van der Waals surface area contributed by atoms with Crippen molar-refractivity contribution in [2.75, 3.05) is 37.1 Å². The topological polar surface area (TPSA) is 70.2 Å². The maximum Gasteiger partial charge on any atom is 0.257 e. The zero-order valence-electron chi connectivity index (χ0n) is 22.3. The van der Waals surface area contributed by atoms with Gasteiger partial charge < -0.3 is 15.2 Å². The molecule has 2 heterocycles. The summed E-state index contributed by atoms with van der Waals surface area (Å²) in [6.07, 6.45) is 5.39. The second kappa shape index (κ2) is 9.83. The molecule has 2 unspecified atom stereocenters. The van der Waals surface area contributed by atoms with Crippen LogP contribution in [0.1, 0.15) is 29.5 Å². The van der Waals surface area contributed by atoms with Crippen LogP contribution in [-0.4, -0.2) is 53.3 Å². The van der Waals surface area contributed by atoms with Crippen molar-refractivity contribution in [2.45, 2.75) is 44.6 Å². The fraction of sp³-hybridized carbons (Fsp3) is 0.448. The minimum atomic E-state index is -2.54. The zero-order chi connectivity index (χ0) is 27.5. The lowest BCUT2D eigenvalue weighted by Gasteiger charge is -2.28. The van der Waals surface area contributed by atoms with Crippen LogP contribution in [0, 0.1) is 18.8 Å². The first-order valence-corrected chi connectivity index (χ1v) is 16.4. The fourth-order valence-electron chi connectivity index (χ4n) is 6.14. The van der Waals surface area contributed by atoms with E-state index in [1.54, 1.807) is 19.5 Å². The predicted octanol–water partition coefficient (Wildman–Crippen LogP) is 6.62. The molecular formula is C29H33ClF2N5OP. The molecule has 1 saturated heterocycles. The van der Waals surface area contributed by atoms with E-state index in [1.165, 1.54) is 11.1 Å². The van der Waals surface area contributed by atoms with Gasteiger partial charge >= 0.3 is 0 Å². The first kappa shape index (κ1) is 26.7. The predicted molar refractivity (Wildman–Crippen MR) is 154 cm³/mol. The summed E-state index contributed by atoms with van der Waals surface area (Å²) >= 11 is 6.42. The first-order chi connectivity index (χ1) is 18.5. The third-order valence-electron chi connectivity index (χ3n) is 8.43. The second-order valence-corrected chi connectivity index (χ2v) is 15.2. The molecule has 2 aliphatic carbocycles. The molecule has 6 nitrogen and oxygen atoms in total. The highest BCUT2D eigenvalue weighted by Crippen LogP contribution is 2.59. The molecule has 0 spiro atoms. The van der Waals surface area contributed by atoms with Crippen molar-refractivity contribution in [3.63, 3.8) is 0 Å². The molecule has 39 heavy (non-hydrogen) atoms. The van der Waals surface area contributed by atoms with Gasteiger partial charge in [-0.1, -0.05) is 29.3 Å². The molecule has 0 bridgehead atoms. The normalized spacial score (nSPS) is 24.0. The minimum Gasteiger partial charge on any atom is -0.338 e. The number of benzene rings is 2. The molecule has 1 aromatic heterocycles. The lowest BCUT2D eigenvalue weighted by molar-refractivity contribution is 0.0418. The van der Waals surface area contributed by atoms with Crippen LogP contribution in [0.2, 0.25) is 5.02 Å². The number of alkyl halides is 2. The SMILES string of the molecule is Cc1ccc(Nc2nc(Nc3ccc4c(c3)CC[C@H](N3CC5C(C3)C5(F)F)CC4)ncc2Cl)c(P(C)(C)=O)c1. The summed E-state index contributed by atoms with van der Waals surface area (Å²) in [5.74, 6) is -2.46. The highest BCUT2D eigenvalue weighted by molar-refractivity contribution is 7.70. The van der Waals surface area contributed by atoms with Crippen molar-refractivity contribution in [3.8, 4) is 0 Å². The van der Waals surface area contributed by atoms with Gasteiger partial charge in [0.2, 0.25) is 5.95 Å². The van der Waals surface area contributed by atoms with Crippen LogP contribution in [0.5, 0.6) is 0 Å². The molecule has 2 N–H and O–H groups in total. The van der Waals surface area contributed by atoms with Crippen LogP contribution >= 0.6 is 18.7 Å². The van der Waals surface area contributed by atoms with Gasteiger partial charge in [0, 0.05) is 42.0 Å². The number of aryl methyl sites for hydroxylation is 3. The highest BCUT2D eigenvalue weighted by atomic mass is 35.5. The Morgan fingerprint density at radius 3 is 2.46 bits per heavy atom. The number of rotatable bonds is 6. The number of nitrogens with zero attached hydrogens (tertiary/aromatic N) is 3. The third-order valence-corrected chi connectivity index (χ3v) is 10.2. The highest BCUT2D eigenvalue weighted by Gasteiger charge is 2.71. The molecule has 0 radical (unpaired) electrons. The van der Waals surface area contributed by atoms with Gasteiger partial charge in [0.1, 0.15) is 12.2 Å². The van der Waals surface area contributed by atoms with E-state index in [9.17, 15) is 13.3 Å². The van der Waals surface area contributed by atoms with Gasteiger partial charge in [0.25, 0.3) is 5.92 Å². The van der Waals surface area contributed by atoms with Crippen LogP contribution in [0.25, 0.3) is 0 Å². The van der Waals surface area contributed by atoms with E-state index < -0.39 is 24.9 Å². The summed E-state index contributed by atoms with van der Waals surface area (Å²) in [5.41, 5.74) is 5.20. The van der Waals surface area contributed by atoms with E-state index in [2.05, 4.69) is 37.6 Å². The summed E-state index contributed by atoms with van der Waals surface area (Å²) in [6.45, 7) is 6.53.